The second kappa shape index (κ2) is 10.9. The van der Waals surface area contributed by atoms with Gasteiger partial charge in [-0.2, -0.15) is 0 Å². The summed E-state index contributed by atoms with van der Waals surface area (Å²) in [5.74, 6) is 2.80. The number of hydrogen-bond donors (Lipinski definition) is 1. The molecule has 3 rings (SSSR count). The highest BCUT2D eigenvalue weighted by molar-refractivity contribution is 8.00. The van der Waals surface area contributed by atoms with E-state index in [0.29, 0.717) is 11.8 Å². The van der Waals surface area contributed by atoms with E-state index in [9.17, 15) is 0 Å². The van der Waals surface area contributed by atoms with E-state index in [2.05, 4.69) is 39.5 Å². The van der Waals surface area contributed by atoms with Gasteiger partial charge in [-0.25, -0.2) is 4.99 Å². The smallest absolute Gasteiger partial charge is 0.194 e. The molecule has 158 valence electrons. The number of likely N-dealkylation sites (tertiary alicyclic amines) is 1. The molecule has 0 atom stereocenters. The fourth-order valence-electron chi connectivity index (χ4n) is 3.27. The normalized spacial score (nSPS) is 15.7. The van der Waals surface area contributed by atoms with Crippen molar-refractivity contribution in [2.24, 2.45) is 12.0 Å². The molecule has 0 bridgehead atoms. The maximum atomic E-state index is 6.00. The van der Waals surface area contributed by atoms with Gasteiger partial charge in [0.05, 0.1) is 0 Å². The number of guanidine groups is 1. The topological polar surface area (TPSA) is 58.3 Å². The van der Waals surface area contributed by atoms with E-state index < -0.39 is 0 Å². The summed E-state index contributed by atoms with van der Waals surface area (Å²) < 4.78 is 2.00. The first kappa shape index (κ1) is 22.0. The predicted molar refractivity (Wildman–Crippen MR) is 122 cm³/mol. The summed E-state index contributed by atoms with van der Waals surface area (Å²) in [5.41, 5.74) is 0. The number of unbranched alkanes of at least 4 members (excludes halogenated alkanes) is 1. The van der Waals surface area contributed by atoms with E-state index >= 15 is 0 Å². The number of piperidine rings is 1. The number of thioether (sulfide) groups is 1. The molecule has 0 radical (unpaired) electrons. The molecule has 6 nitrogen and oxygen atoms in total. The van der Waals surface area contributed by atoms with Crippen molar-refractivity contribution >= 4 is 29.3 Å². The van der Waals surface area contributed by atoms with Crippen molar-refractivity contribution in [3.8, 4) is 0 Å². The first-order valence-corrected chi connectivity index (χ1v) is 11.6. The van der Waals surface area contributed by atoms with Crippen LogP contribution in [0.4, 0.5) is 0 Å². The van der Waals surface area contributed by atoms with Crippen LogP contribution in [0.25, 0.3) is 0 Å². The number of benzene rings is 1. The van der Waals surface area contributed by atoms with E-state index in [1.54, 1.807) is 0 Å². The van der Waals surface area contributed by atoms with E-state index in [-0.39, 0.29) is 0 Å². The van der Waals surface area contributed by atoms with Crippen molar-refractivity contribution in [2.75, 3.05) is 19.6 Å². The molecule has 1 saturated heterocycles. The van der Waals surface area contributed by atoms with Gasteiger partial charge in [0.15, 0.2) is 11.8 Å². The second-order valence-corrected chi connectivity index (χ2v) is 9.21. The first-order chi connectivity index (χ1) is 14.1. The van der Waals surface area contributed by atoms with Crippen LogP contribution in [0.3, 0.4) is 0 Å². The number of nitrogens with zero attached hydrogens (tertiary/aromatic N) is 5. The average molecular weight is 435 g/mol. The molecule has 0 saturated carbocycles. The molecule has 1 aromatic carbocycles. The Bertz CT molecular complexity index is 796. The van der Waals surface area contributed by atoms with Gasteiger partial charge < -0.3 is 14.8 Å². The second-order valence-electron chi connectivity index (χ2n) is 7.40. The minimum atomic E-state index is 0.547. The SMILES string of the molecule is CCCCNC(=NCc1nnc(C)n1C)N1CCC(Sc2ccc(Cl)cc2)CC1. The van der Waals surface area contributed by atoms with Gasteiger partial charge in [0.1, 0.15) is 12.4 Å². The molecule has 1 N–H and O–H groups in total. The molecule has 29 heavy (non-hydrogen) atoms. The summed E-state index contributed by atoms with van der Waals surface area (Å²) in [6, 6.07) is 8.16. The van der Waals surface area contributed by atoms with Crippen LogP contribution in [0.15, 0.2) is 34.2 Å². The number of nitrogens with one attached hydrogen (secondary N) is 1. The van der Waals surface area contributed by atoms with E-state index in [0.717, 1.165) is 61.5 Å². The van der Waals surface area contributed by atoms with Crippen molar-refractivity contribution in [3.63, 3.8) is 0 Å². The highest BCUT2D eigenvalue weighted by Gasteiger charge is 2.22. The summed E-state index contributed by atoms with van der Waals surface area (Å²) in [5, 5.41) is 13.4. The van der Waals surface area contributed by atoms with Crippen molar-refractivity contribution in [1.29, 1.82) is 0 Å². The Morgan fingerprint density at radius 1 is 1.24 bits per heavy atom. The molecule has 8 heteroatoms. The van der Waals surface area contributed by atoms with Gasteiger partial charge in [0, 0.05) is 41.8 Å². The molecule has 1 aromatic heterocycles. The lowest BCUT2D eigenvalue weighted by atomic mass is 10.1. The van der Waals surface area contributed by atoms with Crippen molar-refractivity contribution in [2.45, 2.75) is 56.2 Å². The zero-order valence-electron chi connectivity index (χ0n) is 17.6. The Hall–Kier alpha value is -1.73. The first-order valence-electron chi connectivity index (χ1n) is 10.4. The molecule has 2 heterocycles. The van der Waals surface area contributed by atoms with Crippen LogP contribution in [0.5, 0.6) is 0 Å². The summed E-state index contributed by atoms with van der Waals surface area (Å²) in [4.78, 5) is 8.55. The minimum Gasteiger partial charge on any atom is -0.356 e. The molecular formula is C21H31ClN6S. The molecular weight excluding hydrogens is 404 g/mol. The Morgan fingerprint density at radius 3 is 2.59 bits per heavy atom. The van der Waals surface area contributed by atoms with Crippen LogP contribution >= 0.6 is 23.4 Å². The molecule has 1 fully saturated rings. The third-order valence-electron chi connectivity index (χ3n) is 5.22. The highest BCUT2D eigenvalue weighted by atomic mass is 35.5. The van der Waals surface area contributed by atoms with Crippen molar-refractivity contribution in [1.82, 2.24) is 25.0 Å². The Morgan fingerprint density at radius 2 is 1.97 bits per heavy atom. The largest absolute Gasteiger partial charge is 0.356 e. The van der Waals surface area contributed by atoms with E-state index in [1.165, 1.54) is 11.3 Å². The summed E-state index contributed by atoms with van der Waals surface area (Å²) in [6.45, 7) is 7.70. The Labute approximate surface area is 183 Å². The number of rotatable bonds is 7. The third kappa shape index (κ3) is 6.37. The van der Waals surface area contributed by atoms with Gasteiger partial charge in [0.25, 0.3) is 0 Å². The maximum Gasteiger partial charge on any atom is 0.194 e. The van der Waals surface area contributed by atoms with E-state index in [4.69, 9.17) is 16.6 Å². The van der Waals surface area contributed by atoms with Gasteiger partial charge in [-0.15, -0.1) is 22.0 Å². The van der Waals surface area contributed by atoms with Gasteiger partial charge in [-0.1, -0.05) is 24.9 Å². The number of aromatic nitrogens is 3. The van der Waals surface area contributed by atoms with Gasteiger partial charge in [-0.05, 0) is 50.5 Å². The number of halogens is 1. The summed E-state index contributed by atoms with van der Waals surface area (Å²) in [6.07, 6.45) is 4.60. The molecule has 1 aliphatic heterocycles. The van der Waals surface area contributed by atoms with Crippen LogP contribution < -0.4 is 5.32 Å². The Balaban J connectivity index is 1.58. The fourth-order valence-corrected chi connectivity index (χ4v) is 4.52. The van der Waals surface area contributed by atoms with Gasteiger partial charge in [0.2, 0.25) is 0 Å². The quantitative estimate of drug-likeness (QED) is 0.400. The fraction of sp³-hybridized carbons (Fsp3) is 0.571. The average Bonchev–Trinajstić information content (AvgIpc) is 3.05. The van der Waals surface area contributed by atoms with Crippen LogP contribution in [-0.2, 0) is 13.6 Å². The lowest BCUT2D eigenvalue weighted by Crippen LogP contribution is -2.46. The lowest BCUT2D eigenvalue weighted by molar-refractivity contribution is 0.336. The van der Waals surface area contributed by atoms with Crippen LogP contribution in [0.1, 0.15) is 44.3 Å². The zero-order valence-corrected chi connectivity index (χ0v) is 19.1. The molecule has 0 aliphatic carbocycles. The maximum absolute atomic E-state index is 6.00. The minimum absolute atomic E-state index is 0.547. The van der Waals surface area contributed by atoms with Crippen LogP contribution in [0.2, 0.25) is 5.02 Å². The summed E-state index contributed by atoms with van der Waals surface area (Å²) >= 11 is 7.96. The van der Waals surface area contributed by atoms with Crippen LogP contribution in [-0.4, -0.2) is 50.5 Å². The molecule has 2 aromatic rings. The molecule has 0 unspecified atom stereocenters. The van der Waals surface area contributed by atoms with Gasteiger partial charge >= 0.3 is 0 Å². The predicted octanol–water partition coefficient (Wildman–Crippen LogP) is 4.28. The monoisotopic (exact) mass is 434 g/mol. The number of hydrogen-bond acceptors (Lipinski definition) is 4. The molecule has 1 aliphatic rings. The Kier molecular flexibility index (Phi) is 8.24. The highest BCUT2D eigenvalue weighted by Crippen LogP contribution is 2.31. The van der Waals surface area contributed by atoms with E-state index in [1.807, 2.05) is 42.4 Å². The standard InChI is InChI=1S/C21H31ClN6S/c1-4-5-12-23-21(24-15-20-26-25-16(2)27(20)3)28-13-10-19(11-14-28)29-18-8-6-17(22)7-9-18/h6-9,19H,4-5,10-15H2,1-3H3,(H,23,24). The number of aryl methyl sites for hydroxylation is 1. The summed E-state index contributed by atoms with van der Waals surface area (Å²) in [7, 11) is 1.99. The lowest BCUT2D eigenvalue weighted by Gasteiger charge is -2.34. The molecule has 0 amide bonds. The van der Waals surface area contributed by atoms with Crippen molar-refractivity contribution < 1.29 is 0 Å². The number of aliphatic imine (C=N–C) groups is 1. The van der Waals surface area contributed by atoms with Crippen LogP contribution in [0, 0.1) is 6.92 Å². The molecule has 0 spiro atoms. The van der Waals surface area contributed by atoms with Crippen molar-refractivity contribution in [3.05, 3.63) is 40.9 Å². The zero-order chi connectivity index (χ0) is 20.6. The third-order valence-corrected chi connectivity index (χ3v) is 6.83. The van der Waals surface area contributed by atoms with Gasteiger partial charge in [-0.3, -0.25) is 0 Å².